The van der Waals surface area contributed by atoms with Gasteiger partial charge in [-0.2, -0.15) is 0 Å². The van der Waals surface area contributed by atoms with Gasteiger partial charge in [0.2, 0.25) is 0 Å². The SMILES string of the molecule is CNC(c1ccc(OC)c(F)c1)C(C)CCN. The number of ether oxygens (including phenoxy) is 1. The Labute approximate surface area is 102 Å². The number of hydrogen-bond donors (Lipinski definition) is 2. The van der Waals surface area contributed by atoms with Gasteiger partial charge in [-0.1, -0.05) is 13.0 Å². The van der Waals surface area contributed by atoms with Crippen molar-refractivity contribution in [3.05, 3.63) is 29.6 Å². The molecule has 0 aromatic heterocycles. The molecule has 1 rings (SSSR count). The number of rotatable bonds is 6. The average Bonchev–Trinajstić information content (AvgIpc) is 2.30. The van der Waals surface area contributed by atoms with Crippen LogP contribution in [0.1, 0.15) is 24.9 Å². The quantitative estimate of drug-likeness (QED) is 0.800. The lowest BCUT2D eigenvalue weighted by Crippen LogP contribution is -2.25. The second-order valence-corrected chi connectivity index (χ2v) is 4.21. The van der Waals surface area contributed by atoms with Gasteiger partial charge >= 0.3 is 0 Å². The maximum atomic E-state index is 13.6. The molecule has 4 heteroatoms. The average molecular weight is 240 g/mol. The number of halogens is 1. The first-order valence-corrected chi connectivity index (χ1v) is 5.84. The Hall–Kier alpha value is -1.13. The number of nitrogens with two attached hydrogens (primary N) is 1. The van der Waals surface area contributed by atoms with Gasteiger partial charge in [0, 0.05) is 6.04 Å². The molecule has 0 saturated carbocycles. The van der Waals surface area contributed by atoms with Crippen molar-refractivity contribution < 1.29 is 9.13 Å². The largest absolute Gasteiger partial charge is 0.494 e. The van der Waals surface area contributed by atoms with Crippen LogP contribution in [0.4, 0.5) is 4.39 Å². The van der Waals surface area contributed by atoms with Crippen LogP contribution >= 0.6 is 0 Å². The van der Waals surface area contributed by atoms with Gasteiger partial charge in [0.25, 0.3) is 0 Å². The minimum Gasteiger partial charge on any atom is -0.494 e. The second-order valence-electron chi connectivity index (χ2n) is 4.21. The first-order chi connectivity index (χ1) is 8.13. The normalized spacial score (nSPS) is 14.4. The summed E-state index contributed by atoms with van der Waals surface area (Å²) in [6, 6.07) is 5.17. The lowest BCUT2D eigenvalue weighted by atomic mass is 9.92. The minimum atomic E-state index is -0.329. The molecule has 96 valence electrons. The van der Waals surface area contributed by atoms with Crippen LogP contribution in [-0.4, -0.2) is 20.7 Å². The Bertz CT molecular complexity index is 357. The molecule has 0 aliphatic rings. The number of nitrogens with one attached hydrogen (secondary N) is 1. The van der Waals surface area contributed by atoms with Crippen molar-refractivity contribution in [3.8, 4) is 5.75 Å². The standard InChI is InChI=1S/C13H21FN2O/c1-9(6-7-15)13(16-2)10-4-5-12(17-3)11(14)8-10/h4-5,8-9,13,16H,6-7,15H2,1-3H3. The number of methoxy groups -OCH3 is 1. The van der Waals surface area contributed by atoms with Crippen LogP contribution in [0.25, 0.3) is 0 Å². The van der Waals surface area contributed by atoms with Crippen molar-refractivity contribution in [1.82, 2.24) is 5.32 Å². The van der Waals surface area contributed by atoms with Gasteiger partial charge in [-0.3, -0.25) is 0 Å². The van der Waals surface area contributed by atoms with Crippen LogP contribution in [0.2, 0.25) is 0 Å². The monoisotopic (exact) mass is 240 g/mol. The molecule has 0 bridgehead atoms. The third-order valence-corrected chi connectivity index (χ3v) is 3.04. The van der Waals surface area contributed by atoms with Gasteiger partial charge in [-0.05, 0) is 43.6 Å². The predicted octanol–water partition coefficient (Wildman–Crippen LogP) is 2.08. The van der Waals surface area contributed by atoms with E-state index >= 15 is 0 Å². The van der Waals surface area contributed by atoms with Crippen LogP contribution in [0.5, 0.6) is 5.75 Å². The van der Waals surface area contributed by atoms with E-state index in [0.29, 0.717) is 12.5 Å². The molecule has 0 amide bonds. The van der Waals surface area contributed by atoms with Crippen molar-refractivity contribution in [3.63, 3.8) is 0 Å². The molecule has 1 aromatic rings. The molecular formula is C13H21FN2O. The lowest BCUT2D eigenvalue weighted by molar-refractivity contribution is 0.376. The molecule has 0 saturated heterocycles. The molecule has 2 atom stereocenters. The summed E-state index contributed by atoms with van der Waals surface area (Å²) < 4.78 is 18.5. The molecule has 0 aliphatic carbocycles. The van der Waals surface area contributed by atoms with Gasteiger partial charge in [-0.15, -0.1) is 0 Å². The second kappa shape index (κ2) is 6.57. The zero-order chi connectivity index (χ0) is 12.8. The summed E-state index contributed by atoms with van der Waals surface area (Å²) in [5, 5.41) is 3.20. The van der Waals surface area contributed by atoms with Gasteiger partial charge < -0.3 is 15.8 Å². The van der Waals surface area contributed by atoms with E-state index in [1.165, 1.54) is 13.2 Å². The first kappa shape index (κ1) is 13.9. The minimum absolute atomic E-state index is 0.110. The summed E-state index contributed by atoms with van der Waals surface area (Å²) in [4.78, 5) is 0. The molecule has 1 aromatic carbocycles. The maximum Gasteiger partial charge on any atom is 0.165 e. The molecular weight excluding hydrogens is 219 g/mol. The van der Waals surface area contributed by atoms with Crippen LogP contribution in [0.3, 0.4) is 0 Å². The number of benzene rings is 1. The maximum absolute atomic E-state index is 13.6. The molecule has 0 radical (unpaired) electrons. The first-order valence-electron chi connectivity index (χ1n) is 5.84. The topological polar surface area (TPSA) is 47.3 Å². The van der Waals surface area contributed by atoms with Crippen molar-refractivity contribution in [1.29, 1.82) is 0 Å². The fourth-order valence-electron chi connectivity index (χ4n) is 2.09. The van der Waals surface area contributed by atoms with Crippen molar-refractivity contribution in [2.24, 2.45) is 11.7 Å². The predicted molar refractivity (Wildman–Crippen MR) is 67.6 cm³/mol. The Balaban J connectivity index is 2.92. The summed E-state index contributed by atoms with van der Waals surface area (Å²) in [7, 11) is 3.34. The Morgan fingerprint density at radius 1 is 1.47 bits per heavy atom. The van der Waals surface area contributed by atoms with Gasteiger partial charge in [0.15, 0.2) is 11.6 Å². The summed E-state index contributed by atoms with van der Waals surface area (Å²) in [5.41, 5.74) is 6.48. The lowest BCUT2D eigenvalue weighted by Gasteiger charge is -2.24. The van der Waals surface area contributed by atoms with Gasteiger partial charge in [-0.25, -0.2) is 4.39 Å². The summed E-state index contributed by atoms with van der Waals surface area (Å²) in [6.07, 6.45) is 0.902. The Kier molecular flexibility index (Phi) is 5.38. The van der Waals surface area contributed by atoms with E-state index < -0.39 is 0 Å². The highest BCUT2D eigenvalue weighted by Crippen LogP contribution is 2.27. The van der Waals surface area contributed by atoms with Crippen LogP contribution in [-0.2, 0) is 0 Å². The molecule has 3 nitrogen and oxygen atoms in total. The zero-order valence-corrected chi connectivity index (χ0v) is 10.7. The molecule has 0 aliphatic heterocycles. The smallest absolute Gasteiger partial charge is 0.165 e. The van der Waals surface area contributed by atoms with E-state index in [2.05, 4.69) is 12.2 Å². The molecule has 0 heterocycles. The fourth-order valence-corrected chi connectivity index (χ4v) is 2.09. The Morgan fingerprint density at radius 2 is 2.18 bits per heavy atom. The zero-order valence-electron chi connectivity index (χ0n) is 10.7. The Morgan fingerprint density at radius 3 is 2.65 bits per heavy atom. The van der Waals surface area contributed by atoms with E-state index in [0.717, 1.165) is 12.0 Å². The molecule has 2 unspecified atom stereocenters. The van der Waals surface area contributed by atoms with Crippen LogP contribution in [0.15, 0.2) is 18.2 Å². The third kappa shape index (κ3) is 3.41. The number of hydrogen-bond acceptors (Lipinski definition) is 3. The fraction of sp³-hybridized carbons (Fsp3) is 0.538. The third-order valence-electron chi connectivity index (χ3n) is 3.04. The van der Waals surface area contributed by atoms with Crippen molar-refractivity contribution in [2.45, 2.75) is 19.4 Å². The van der Waals surface area contributed by atoms with Crippen molar-refractivity contribution >= 4 is 0 Å². The van der Waals surface area contributed by atoms with E-state index in [9.17, 15) is 4.39 Å². The van der Waals surface area contributed by atoms with E-state index in [4.69, 9.17) is 10.5 Å². The molecule has 0 spiro atoms. The molecule has 0 fully saturated rings. The highest BCUT2D eigenvalue weighted by Gasteiger charge is 2.18. The van der Waals surface area contributed by atoms with E-state index in [1.54, 1.807) is 6.07 Å². The summed E-state index contributed by atoms with van der Waals surface area (Å²) in [5.74, 6) is 0.304. The summed E-state index contributed by atoms with van der Waals surface area (Å²) in [6.45, 7) is 2.74. The van der Waals surface area contributed by atoms with E-state index in [-0.39, 0.29) is 17.6 Å². The van der Waals surface area contributed by atoms with E-state index in [1.807, 2.05) is 13.1 Å². The molecule has 3 N–H and O–H groups in total. The van der Waals surface area contributed by atoms with Crippen molar-refractivity contribution in [2.75, 3.05) is 20.7 Å². The highest BCUT2D eigenvalue weighted by molar-refractivity contribution is 5.31. The van der Waals surface area contributed by atoms with Crippen LogP contribution in [0, 0.1) is 11.7 Å². The van der Waals surface area contributed by atoms with Crippen LogP contribution < -0.4 is 15.8 Å². The molecule has 17 heavy (non-hydrogen) atoms. The van der Waals surface area contributed by atoms with Gasteiger partial charge in [0.05, 0.1) is 7.11 Å². The van der Waals surface area contributed by atoms with Gasteiger partial charge in [0.1, 0.15) is 0 Å². The summed E-state index contributed by atoms with van der Waals surface area (Å²) >= 11 is 0. The highest BCUT2D eigenvalue weighted by atomic mass is 19.1.